The van der Waals surface area contributed by atoms with Crippen LogP contribution in [0.25, 0.3) is 10.2 Å². The van der Waals surface area contributed by atoms with Gasteiger partial charge in [-0.1, -0.05) is 12.1 Å². The molecule has 106 valence electrons. The fraction of sp³-hybridized carbons (Fsp3) is 0.538. The molecule has 0 aliphatic heterocycles. The number of carbonyl (C=O) groups excluding carboxylic acids is 1. The molecule has 3 rings (SSSR count). The maximum atomic E-state index is 12.5. The number of amides is 1. The molecule has 6 nitrogen and oxygen atoms in total. The van der Waals surface area contributed by atoms with E-state index < -0.39 is 5.91 Å². The second-order valence-corrected chi connectivity index (χ2v) is 6.45. The molecule has 0 spiro atoms. The number of nitrogens with two attached hydrogens (primary N) is 1. The molecule has 2 heterocycles. The Hall–Kier alpha value is -1.76. The van der Waals surface area contributed by atoms with Crippen molar-refractivity contribution < 1.29 is 4.79 Å². The van der Waals surface area contributed by atoms with Gasteiger partial charge in [-0.25, -0.2) is 4.68 Å². The summed E-state index contributed by atoms with van der Waals surface area (Å²) in [4.78, 5) is 25.3. The first-order chi connectivity index (χ1) is 9.56. The van der Waals surface area contributed by atoms with Crippen molar-refractivity contribution in [2.24, 2.45) is 11.7 Å². The molecule has 1 atom stereocenters. The Morgan fingerprint density at radius 1 is 1.55 bits per heavy atom. The Bertz CT molecular complexity index is 734. The number of carbonyl (C=O) groups is 1. The van der Waals surface area contributed by atoms with Crippen molar-refractivity contribution in [3.8, 4) is 0 Å². The zero-order chi connectivity index (χ0) is 14.3. The first kappa shape index (κ1) is 13.2. The molecular weight excluding hydrogens is 276 g/mol. The van der Waals surface area contributed by atoms with E-state index in [9.17, 15) is 9.59 Å². The van der Waals surface area contributed by atoms with Crippen molar-refractivity contribution in [1.82, 2.24) is 15.0 Å². The number of thiophene rings is 1. The van der Waals surface area contributed by atoms with E-state index in [2.05, 4.69) is 17.2 Å². The van der Waals surface area contributed by atoms with Crippen molar-refractivity contribution in [1.29, 1.82) is 0 Å². The summed E-state index contributed by atoms with van der Waals surface area (Å²) >= 11 is 1.57. The van der Waals surface area contributed by atoms with E-state index in [1.807, 2.05) is 0 Å². The van der Waals surface area contributed by atoms with Crippen molar-refractivity contribution in [3.05, 3.63) is 20.8 Å². The Labute approximate surface area is 119 Å². The molecular formula is C13H16N4O2S. The van der Waals surface area contributed by atoms with Crippen molar-refractivity contribution in [2.45, 2.75) is 39.2 Å². The fourth-order valence-corrected chi connectivity index (χ4v) is 3.97. The number of primary amides is 1. The van der Waals surface area contributed by atoms with E-state index in [0.717, 1.165) is 24.8 Å². The molecule has 1 amide bonds. The number of aryl methyl sites for hydroxylation is 2. The van der Waals surface area contributed by atoms with E-state index in [0.29, 0.717) is 16.1 Å². The molecule has 2 N–H and O–H groups in total. The van der Waals surface area contributed by atoms with Gasteiger partial charge in [-0.2, -0.15) is 0 Å². The molecule has 2 aromatic rings. The Balaban J connectivity index is 2.08. The summed E-state index contributed by atoms with van der Waals surface area (Å²) in [5.74, 6) is 0.209. The summed E-state index contributed by atoms with van der Waals surface area (Å²) in [5, 5.41) is 8.72. The molecule has 2 aromatic heterocycles. The minimum atomic E-state index is -0.444. The van der Waals surface area contributed by atoms with Crippen LogP contribution in [0, 0.1) is 5.92 Å². The van der Waals surface area contributed by atoms with E-state index in [1.54, 1.807) is 11.3 Å². The van der Waals surface area contributed by atoms with Gasteiger partial charge in [0.1, 0.15) is 0 Å². The maximum Gasteiger partial charge on any atom is 0.278 e. The molecule has 0 fully saturated rings. The highest BCUT2D eigenvalue weighted by Gasteiger charge is 2.23. The summed E-state index contributed by atoms with van der Waals surface area (Å²) in [6, 6.07) is 0. The van der Waals surface area contributed by atoms with Crippen LogP contribution < -0.4 is 11.3 Å². The molecule has 0 bridgehead atoms. The topological polar surface area (TPSA) is 90.9 Å². The van der Waals surface area contributed by atoms with Crippen LogP contribution in [0.2, 0.25) is 0 Å². The van der Waals surface area contributed by atoms with Gasteiger partial charge in [0.2, 0.25) is 5.91 Å². The molecule has 7 heteroatoms. The number of rotatable bonds is 3. The summed E-state index contributed by atoms with van der Waals surface area (Å²) in [6.45, 7) is 2.42. The van der Waals surface area contributed by atoms with Gasteiger partial charge in [0, 0.05) is 11.3 Å². The SMILES string of the molecule is CC1CCc2c(sc3nnn(CCC(N)=O)c(=O)c23)C1. The summed E-state index contributed by atoms with van der Waals surface area (Å²) in [6.07, 6.45) is 3.13. The van der Waals surface area contributed by atoms with Gasteiger partial charge in [0.25, 0.3) is 5.56 Å². The van der Waals surface area contributed by atoms with Gasteiger partial charge in [-0.05, 0) is 30.7 Å². The zero-order valence-corrected chi connectivity index (χ0v) is 12.1. The molecule has 20 heavy (non-hydrogen) atoms. The lowest BCUT2D eigenvalue weighted by Gasteiger charge is -2.17. The average Bonchev–Trinajstić information content (AvgIpc) is 2.75. The first-order valence-electron chi connectivity index (χ1n) is 6.72. The third-order valence-corrected chi connectivity index (χ3v) is 4.89. The highest BCUT2D eigenvalue weighted by atomic mass is 32.1. The summed E-state index contributed by atoms with van der Waals surface area (Å²) in [5.41, 5.74) is 6.09. The highest BCUT2D eigenvalue weighted by molar-refractivity contribution is 7.18. The predicted octanol–water partition coefficient (Wildman–Crippen LogP) is 0.853. The van der Waals surface area contributed by atoms with Gasteiger partial charge in [0.05, 0.1) is 11.9 Å². The fourth-order valence-electron chi connectivity index (χ4n) is 2.65. The minimum absolute atomic E-state index is 0.101. The monoisotopic (exact) mass is 292 g/mol. The van der Waals surface area contributed by atoms with E-state index in [-0.39, 0.29) is 18.5 Å². The van der Waals surface area contributed by atoms with Crippen LogP contribution in [0.15, 0.2) is 4.79 Å². The number of fused-ring (bicyclic) bond motifs is 3. The Kier molecular flexibility index (Phi) is 3.29. The van der Waals surface area contributed by atoms with Gasteiger partial charge in [-0.15, -0.1) is 16.4 Å². The van der Waals surface area contributed by atoms with Crippen molar-refractivity contribution in [3.63, 3.8) is 0 Å². The lowest BCUT2D eigenvalue weighted by molar-refractivity contribution is -0.118. The minimum Gasteiger partial charge on any atom is -0.370 e. The lowest BCUT2D eigenvalue weighted by atomic mass is 9.89. The zero-order valence-electron chi connectivity index (χ0n) is 11.3. The Morgan fingerprint density at radius 3 is 3.10 bits per heavy atom. The molecule has 0 aromatic carbocycles. The van der Waals surface area contributed by atoms with Crippen LogP contribution in [-0.4, -0.2) is 20.9 Å². The first-order valence-corrected chi connectivity index (χ1v) is 7.54. The molecule has 1 aliphatic rings. The van der Waals surface area contributed by atoms with Gasteiger partial charge < -0.3 is 5.73 Å². The van der Waals surface area contributed by atoms with Crippen LogP contribution in [0.4, 0.5) is 0 Å². The van der Waals surface area contributed by atoms with E-state index in [4.69, 9.17) is 5.73 Å². The summed E-state index contributed by atoms with van der Waals surface area (Å²) in [7, 11) is 0. The number of aromatic nitrogens is 3. The van der Waals surface area contributed by atoms with Crippen LogP contribution in [-0.2, 0) is 24.2 Å². The second-order valence-electron chi connectivity index (χ2n) is 5.37. The molecule has 0 saturated heterocycles. The Morgan fingerprint density at radius 2 is 2.35 bits per heavy atom. The second kappa shape index (κ2) is 4.97. The van der Waals surface area contributed by atoms with E-state index in [1.165, 1.54) is 9.56 Å². The van der Waals surface area contributed by atoms with Crippen molar-refractivity contribution in [2.75, 3.05) is 0 Å². The van der Waals surface area contributed by atoms with Crippen LogP contribution in [0.1, 0.15) is 30.2 Å². The smallest absolute Gasteiger partial charge is 0.278 e. The van der Waals surface area contributed by atoms with Gasteiger partial charge in [0.15, 0.2) is 4.83 Å². The number of hydrogen-bond donors (Lipinski definition) is 1. The van der Waals surface area contributed by atoms with E-state index >= 15 is 0 Å². The quantitative estimate of drug-likeness (QED) is 0.908. The number of nitrogens with zero attached hydrogens (tertiary/aromatic N) is 3. The van der Waals surface area contributed by atoms with Gasteiger partial charge in [-0.3, -0.25) is 9.59 Å². The van der Waals surface area contributed by atoms with Crippen LogP contribution in [0.3, 0.4) is 0 Å². The third kappa shape index (κ3) is 2.22. The standard InChI is InChI=1S/C13H16N4O2S/c1-7-2-3-8-9(6-7)20-12-11(8)13(19)17(16-15-12)5-4-10(14)18/h7H,2-6H2,1H3,(H2,14,18). The van der Waals surface area contributed by atoms with Gasteiger partial charge >= 0.3 is 0 Å². The predicted molar refractivity (Wildman–Crippen MR) is 76.7 cm³/mol. The molecule has 0 saturated carbocycles. The average molecular weight is 292 g/mol. The largest absolute Gasteiger partial charge is 0.370 e. The maximum absolute atomic E-state index is 12.5. The van der Waals surface area contributed by atoms with Crippen LogP contribution in [0.5, 0.6) is 0 Å². The van der Waals surface area contributed by atoms with Crippen LogP contribution >= 0.6 is 11.3 Å². The molecule has 1 unspecified atom stereocenters. The highest BCUT2D eigenvalue weighted by Crippen LogP contribution is 2.35. The number of hydrogen-bond acceptors (Lipinski definition) is 5. The lowest BCUT2D eigenvalue weighted by Crippen LogP contribution is -2.27. The van der Waals surface area contributed by atoms with Crippen molar-refractivity contribution >= 4 is 27.5 Å². The summed E-state index contributed by atoms with van der Waals surface area (Å²) < 4.78 is 1.25. The third-order valence-electron chi connectivity index (χ3n) is 3.75. The molecule has 0 radical (unpaired) electrons. The normalized spacial score (nSPS) is 18.1. The molecule has 1 aliphatic carbocycles.